The number of aliphatic hydroxyl groups excluding tert-OH is 1. The highest BCUT2D eigenvalue weighted by Crippen LogP contribution is 2.22. The van der Waals surface area contributed by atoms with Crippen molar-refractivity contribution in [1.29, 1.82) is 0 Å². The van der Waals surface area contributed by atoms with Crippen LogP contribution in [0.25, 0.3) is 16.7 Å². The molecule has 0 fully saturated rings. The largest absolute Gasteiger partial charge is 0.394 e. The van der Waals surface area contributed by atoms with E-state index in [4.69, 9.17) is 0 Å². The fourth-order valence-corrected chi connectivity index (χ4v) is 2.19. The van der Waals surface area contributed by atoms with E-state index in [2.05, 4.69) is 20.4 Å². The van der Waals surface area contributed by atoms with E-state index in [0.29, 0.717) is 5.82 Å². The molecule has 2 heterocycles. The number of hydrogen-bond acceptors (Lipinski definition) is 5. The zero-order valence-electron chi connectivity index (χ0n) is 11.8. The summed E-state index contributed by atoms with van der Waals surface area (Å²) >= 11 is 0. The van der Waals surface area contributed by atoms with Gasteiger partial charge in [-0.05, 0) is 18.6 Å². The summed E-state index contributed by atoms with van der Waals surface area (Å²) in [6.07, 6.45) is 4.07. The molecule has 0 aliphatic rings. The number of aromatic nitrogens is 4. The Morgan fingerprint density at radius 2 is 2.05 bits per heavy atom. The zero-order chi connectivity index (χ0) is 14.7. The minimum atomic E-state index is -0.0248. The number of nitrogens with one attached hydrogen (secondary N) is 1. The molecule has 1 aromatic carbocycles. The van der Waals surface area contributed by atoms with E-state index < -0.39 is 0 Å². The fourth-order valence-electron chi connectivity index (χ4n) is 2.19. The molecule has 0 amide bonds. The normalized spacial score (nSPS) is 12.5. The fraction of sp³-hybridized carbons (Fsp3) is 0.267. The molecule has 6 nitrogen and oxygen atoms in total. The molecule has 3 aromatic rings. The van der Waals surface area contributed by atoms with E-state index in [1.165, 1.54) is 6.33 Å². The predicted molar refractivity (Wildman–Crippen MR) is 81.4 cm³/mol. The molecule has 1 atom stereocenters. The molecule has 0 spiro atoms. The van der Waals surface area contributed by atoms with Crippen molar-refractivity contribution in [3.05, 3.63) is 42.9 Å². The Morgan fingerprint density at radius 1 is 1.24 bits per heavy atom. The molecule has 3 rings (SSSR count). The molecular weight excluding hydrogens is 266 g/mol. The molecule has 108 valence electrons. The number of benzene rings is 1. The Balaban J connectivity index is 2.04. The van der Waals surface area contributed by atoms with Gasteiger partial charge in [-0.25, -0.2) is 14.6 Å². The van der Waals surface area contributed by atoms with Crippen LogP contribution in [-0.2, 0) is 0 Å². The molecular formula is C15H17N5O. The summed E-state index contributed by atoms with van der Waals surface area (Å²) < 4.78 is 1.78. The van der Waals surface area contributed by atoms with Crippen LogP contribution in [-0.4, -0.2) is 37.5 Å². The van der Waals surface area contributed by atoms with Gasteiger partial charge in [0.2, 0.25) is 0 Å². The van der Waals surface area contributed by atoms with E-state index in [-0.39, 0.29) is 12.6 Å². The summed E-state index contributed by atoms with van der Waals surface area (Å²) in [7, 11) is 0. The van der Waals surface area contributed by atoms with Crippen LogP contribution in [0.5, 0.6) is 0 Å². The van der Waals surface area contributed by atoms with Gasteiger partial charge in [-0.3, -0.25) is 0 Å². The van der Waals surface area contributed by atoms with Crippen molar-refractivity contribution in [2.24, 2.45) is 0 Å². The topological polar surface area (TPSA) is 75.9 Å². The molecule has 0 saturated carbocycles. The standard InChI is InChI=1S/C15H17N5O/c1-2-11(9-21)19-14-13-8-18-20(15(13)17-10-16-14)12-6-4-3-5-7-12/h3-8,10-11,21H,2,9H2,1H3,(H,16,17,19). The van der Waals surface area contributed by atoms with Gasteiger partial charge in [0.25, 0.3) is 0 Å². The van der Waals surface area contributed by atoms with E-state index in [0.717, 1.165) is 23.1 Å². The quantitative estimate of drug-likeness (QED) is 0.749. The second kappa shape index (κ2) is 5.88. The molecule has 2 N–H and O–H groups in total. The number of nitrogens with zero attached hydrogens (tertiary/aromatic N) is 4. The summed E-state index contributed by atoms with van der Waals surface area (Å²) in [4.78, 5) is 8.59. The van der Waals surface area contributed by atoms with Crippen LogP contribution in [0, 0.1) is 0 Å². The first-order valence-electron chi connectivity index (χ1n) is 6.95. The monoisotopic (exact) mass is 283 g/mol. The predicted octanol–water partition coefficient (Wildman–Crippen LogP) is 2.00. The highest BCUT2D eigenvalue weighted by molar-refractivity contribution is 5.87. The maximum Gasteiger partial charge on any atom is 0.168 e. The second-order valence-electron chi connectivity index (χ2n) is 4.78. The number of para-hydroxylation sites is 1. The van der Waals surface area contributed by atoms with Crippen molar-refractivity contribution in [3.8, 4) is 5.69 Å². The van der Waals surface area contributed by atoms with Gasteiger partial charge in [-0.1, -0.05) is 25.1 Å². The van der Waals surface area contributed by atoms with Crippen LogP contribution < -0.4 is 5.32 Å². The number of fused-ring (bicyclic) bond motifs is 1. The maximum atomic E-state index is 9.32. The third-order valence-electron chi connectivity index (χ3n) is 3.42. The van der Waals surface area contributed by atoms with Crippen molar-refractivity contribution < 1.29 is 5.11 Å². The van der Waals surface area contributed by atoms with E-state index in [1.807, 2.05) is 37.3 Å². The summed E-state index contributed by atoms with van der Waals surface area (Å²) in [6, 6.07) is 9.81. The molecule has 2 aromatic heterocycles. The average molecular weight is 283 g/mol. The van der Waals surface area contributed by atoms with Crippen molar-refractivity contribution >= 4 is 16.9 Å². The Kier molecular flexibility index (Phi) is 3.79. The molecule has 1 unspecified atom stereocenters. The molecule has 6 heteroatoms. The average Bonchev–Trinajstić information content (AvgIpc) is 2.98. The van der Waals surface area contributed by atoms with Crippen LogP contribution in [0.4, 0.5) is 5.82 Å². The highest BCUT2D eigenvalue weighted by Gasteiger charge is 2.13. The van der Waals surface area contributed by atoms with Gasteiger partial charge in [0.15, 0.2) is 5.65 Å². The second-order valence-corrected chi connectivity index (χ2v) is 4.78. The third-order valence-corrected chi connectivity index (χ3v) is 3.42. The number of anilines is 1. The van der Waals surface area contributed by atoms with Crippen LogP contribution >= 0.6 is 0 Å². The minimum absolute atomic E-state index is 0.0248. The molecule has 0 aliphatic heterocycles. The molecule has 21 heavy (non-hydrogen) atoms. The summed E-state index contributed by atoms with van der Waals surface area (Å²) in [5, 5.41) is 17.8. The molecule has 0 radical (unpaired) electrons. The van der Waals surface area contributed by atoms with Crippen molar-refractivity contribution in [1.82, 2.24) is 19.7 Å². The SMILES string of the molecule is CCC(CO)Nc1ncnc2c1cnn2-c1ccccc1. The summed E-state index contributed by atoms with van der Waals surface area (Å²) in [5.74, 6) is 0.697. The van der Waals surface area contributed by atoms with Gasteiger partial charge in [-0.15, -0.1) is 0 Å². The van der Waals surface area contributed by atoms with Crippen molar-refractivity contribution in [2.45, 2.75) is 19.4 Å². The maximum absolute atomic E-state index is 9.32. The van der Waals surface area contributed by atoms with Crippen LogP contribution in [0.2, 0.25) is 0 Å². The van der Waals surface area contributed by atoms with E-state index >= 15 is 0 Å². The lowest BCUT2D eigenvalue weighted by atomic mass is 10.2. The third kappa shape index (κ3) is 2.57. The van der Waals surface area contributed by atoms with Crippen LogP contribution in [0.1, 0.15) is 13.3 Å². The molecule has 0 saturated heterocycles. The van der Waals surface area contributed by atoms with Gasteiger partial charge >= 0.3 is 0 Å². The smallest absolute Gasteiger partial charge is 0.168 e. The van der Waals surface area contributed by atoms with Crippen LogP contribution in [0.15, 0.2) is 42.9 Å². The summed E-state index contributed by atoms with van der Waals surface area (Å²) in [5.41, 5.74) is 1.69. The number of hydrogen-bond donors (Lipinski definition) is 2. The first-order chi connectivity index (χ1) is 10.3. The first-order valence-corrected chi connectivity index (χ1v) is 6.95. The van der Waals surface area contributed by atoms with Gasteiger partial charge in [0.1, 0.15) is 12.1 Å². The van der Waals surface area contributed by atoms with Crippen molar-refractivity contribution in [3.63, 3.8) is 0 Å². The lowest BCUT2D eigenvalue weighted by Crippen LogP contribution is -2.23. The number of rotatable bonds is 5. The van der Waals surface area contributed by atoms with E-state index in [1.54, 1.807) is 10.9 Å². The highest BCUT2D eigenvalue weighted by atomic mass is 16.3. The first kappa shape index (κ1) is 13.5. The van der Waals surface area contributed by atoms with Crippen LogP contribution in [0.3, 0.4) is 0 Å². The van der Waals surface area contributed by atoms with E-state index in [9.17, 15) is 5.11 Å². The lowest BCUT2D eigenvalue weighted by molar-refractivity contribution is 0.271. The Morgan fingerprint density at radius 3 is 2.76 bits per heavy atom. The Bertz CT molecular complexity index is 721. The molecule has 0 aliphatic carbocycles. The van der Waals surface area contributed by atoms with Gasteiger partial charge in [-0.2, -0.15) is 5.10 Å². The Labute approximate surface area is 122 Å². The number of aliphatic hydroxyl groups is 1. The van der Waals surface area contributed by atoms with Crippen molar-refractivity contribution in [2.75, 3.05) is 11.9 Å². The summed E-state index contributed by atoms with van der Waals surface area (Å²) in [6.45, 7) is 2.08. The van der Waals surface area contributed by atoms with Gasteiger partial charge in [0.05, 0.1) is 29.9 Å². The minimum Gasteiger partial charge on any atom is -0.394 e. The Hall–Kier alpha value is -2.47. The lowest BCUT2D eigenvalue weighted by Gasteiger charge is -2.14. The zero-order valence-corrected chi connectivity index (χ0v) is 11.8. The molecule has 0 bridgehead atoms. The van der Waals surface area contributed by atoms with Gasteiger partial charge < -0.3 is 10.4 Å². The van der Waals surface area contributed by atoms with Gasteiger partial charge in [0, 0.05) is 0 Å².